The molecule has 9 heteroatoms. The molecule has 0 spiro atoms. The molecule has 0 unspecified atom stereocenters. The number of rotatable bonds is 6. The van der Waals surface area contributed by atoms with Crippen molar-refractivity contribution >= 4 is 28.1 Å². The Hall–Kier alpha value is -3.62. The van der Waals surface area contributed by atoms with E-state index < -0.39 is 0 Å². The predicted octanol–water partition coefficient (Wildman–Crippen LogP) is 3.66. The fourth-order valence-electron chi connectivity index (χ4n) is 4.87. The number of aromatic nitrogens is 5. The number of amides is 1. The number of aromatic amines is 1. The van der Waals surface area contributed by atoms with Gasteiger partial charge in [-0.15, -0.1) is 0 Å². The average molecular weight is 448 g/mol. The van der Waals surface area contributed by atoms with Crippen molar-refractivity contribution in [2.24, 2.45) is 5.92 Å². The quantitative estimate of drug-likeness (QED) is 0.414. The van der Waals surface area contributed by atoms with Crippen LogP contribution in [0.1, 0.15) is 51.3 Å². The van der Waals surface area contributed by atoms with Crippen molar-refractivity contribution in [2.75, 3.05) is 18.9 Å². The third kappa shape index (κ3) is 3.99. The van der Waals surface area contributed by atoms with E-state index in [1.165, 1.54) is 6.33 Å². The van der Waals surface area contributed by atoms with Gasteiger partial charge in [0.15, 0.2) is 5.82 Å². The molecule has 1 aliphatic carbocycles. The molecule has 1 fully saturated rings. The van der Waals surface area contributed by atoms with Crippen LogP contribution < -0.4 is 15.8 Å². The number of fused-ring (bicyclic) bond motifs is 2. The highest BCUT2D eigenvalue weighted by Gasteiger charge is 2.28. The molecule has 0 aliphatic heterocycles. The normalized spacial score (nSPS) is 18.6. The van der Waals surface area contributed by atoms with Gasteiger partial charge in [-0.1, -0.05) is 12.1 Å². The minimum absolute atomic E-state index is 0.0269. The van der Waals surface area contributed by atoms with Crippen molar-refractivity contribution < 1.29 is 9.53 Å². The first-order valence-electron chi connectivity index (χ1n) is 11.5. The Morgan fingerprint density at radius 2 is 2.12 bits per heavy atom. The number of para-hydroxylation sites is 1. The maximum Gasteiger partial charge on any atom is 0.216 e. The van der Waals surface area contributed by atoms with E-state index in [0.717, 1.165) is 71.6 Å². The molecule has 33 heavy (non-hydrogen) atoms. The fraction of sp³-hybridized carbons (Fsp3) is 0.417. The van der Waals surface area contributed by atoms with E-state index in [4.69, 9.17) is 15.5 Å². The van der Waals surface area contributed by atoms with E-state index >= 15 is 0 Å². The van der Waals surface area contributed by atoms with Gasteiger partial charge in [-0.05, 0) is 50.7 Å². The maximum atomic E-state index is 11.2. The van der Waals surface area contributed by atoms with Gasteiger partial charge >= 0.3 is 0 Å². The molecule has 4 N–H and O–H groups in total. The Bertz CT molecular complexity index is 1300. The van der Waals surface area contributed by atoms with Gasteiger partial charge < -0.3 is 20.8 Å². The Labute approximate surface area is 191 Å². The molecule has 0 saturated heterocycles. The molecule has 1 aromatic carbocycles. The van der Waals surface area contributed by atoms with Crippen LogP contribution in [-0.2, 0) is 4.79 Å². The lowest BCUT2D eigenvalue weighted by Crippen LogP contribution is -2.29. The van der Waals surface area contributed by atoms with Crippen molar-refractivity contribution in [1.82, 2.24) is 29.9 Å². The first-order valence-corrected chi connectivity index (χ1v) is 11.5. The molecule has 5 rings (SSSR count). The summed E-state index contributed by atoms with van der Waals surface area (Å²) in [5.41, 5.74) is 9.58. The number of nitrogens with one attached hydrogen (secondary N) is 2. The minimum Gasteiger partial charge on any atom is -0.492 e. The highest BCUT2D eigenvalue weighted by Crippen LogP contribution is 2.39. The van der Waals surface area contributed by atoms with Crippen LogP contribution in [0.5, 0.6) is 5.75 Å². The topological polar surface area (TPSA) is 123 Å². The summed E-state index contributed by atoms with van der Waals surface area (Å²) < 4.78 is 7.64. The van der Waals surface area contributed by atoms with Crippen molar-refractivity contribution in [3.05, 3.63) is 36.4 Å². The summed E-state index contributed by atoms with van der Waals surface area (Å²) in [4.78, 5) is 24.0. The molecular weight excluding hydrogens is 418 g/mol. The molecule has 172 valence electrons. The number of carbonyl (C=O) groups is 1. The van der Waals surface area contributed by atoms with Gasteiger partial charge in [0.05, 0.1) is 17.8 Å². The average Bonchev–Trinajstić information content (AvgIpc) is 3.41. The van der Waals surface area contributed by atoms with Crippen LogP contribution in [0.3, 0.4) is 0 Å². The van der Waals surface area contributed by atoms with Crippen LogP contribution in [0, 0.1) is 5.92 Å². The molecule has 0 atom stereocenters. The van der Waals surface area contributed by atoms with E-state index in [1.807, 2.05) is 29.6 Å². The lowest BCUT2D eigenvalue weighted by Gasteiger charge is -2.27. The molecule has 3 aromatic heterocycles. The van der Waals surface area contributed by atoms with Crippen LogP contribution >= 0.6 is 0 Å². The first-order chi connectivity index (χ1) is 16.0. The lowest BCUT2D eigenvalue weighted by molar-refractivity contribution is -0.119. The number of H-pyrrole nitrogens is 1. The second-order valence-corrected chi connectivity index (χ2v) is 8.72. The summed E-state index contributed by atoms with van der Waals surface area (Å²) in [6.07, 6.45) is 5.56. The zero-order valence-electron chi connectivity index (χ0n) is 19.0. The number of hydrogen-bond donors (Lipinski definition) is 3. The number of ether oxygens (including phenoxy) is 1. The van der Waals surface area contributed by atoms with Gasteiger partial charge in [-0.25, -0.2) is 14.5 Å². The van der Waals surface area contributed by atoms with E-state index in [-0.39, 0.29) is 11.8 Å². The highest BCUT2D eigenvalue weighted by molar-refractivity contribution is 5.93. The standard InChI is InChI=1S/C24H29N7O2/c1-3-33-19-6-4-5-17-11-18(29-20(17)19)21-22-23(25)27-13-28-31(22)24(30-21)16-9-7-15(8-10-16)12-26-14(2)32/h4-6,11,13,15-16,29H,3,7-10,12H2,1-2H3,(H,26,32)(H2,25,27,28). The van der Waals surface area contributed by atoms with Crippen LogP contribution in [0.25, 0.3) is 27.8 Å². The molecule has 1 amide bonds. The van der Waals surface area contributed by atoms with Gasteiger partial charge in [0.25, 0.3) is 0 Å². The molecule has 0 radical (unpaired) electrons. The largest absolute Gasteiger partial charge is 0.492 e. The Balaban J connectivity index is 1.51. The van der Waals surface area contributed by atoms with E-state index in [0.29, 0.717) is 18.3 Å². The maximum absolute atomic E-state index is 11.2. The third-order valence-electron chi connectivity index (χ3n) is 6.51. The summed E-state index contributed by atoms with van der Waals surface area (Å²) in [7, 11) is 0. The van der Waals surface area contributed by atoms with Crippen molar-refractivity contribution in [3.8, 4) is 17.1 Å². The fourth-order valence-corrected chi connectivity index (χ4v) is 4.87. The summed E-state index contributed by atoms with van der Waals surface area (Å²) in [6, 6.07) is 8.06. The number of carbonyl (C=O) groups excluding carboxylic acids is 1. The smallest absolute Gasteiger partial charge is 0.216 e. The van der Waals surface area contributed by atoms with Gasteiger partial charge in [-0.2, -0.15) is 5.10 Å². The minimum atomic E-state index is 0.0269. The van der Waals surface area contributed by atoms with Gasteiger partial charge in [0, 0.05) is 24.8 Å². The molecule has 4 aromatic rings. The molecule has 3 heterocycles. The second kappa shape index (κ2) is 8.73. The number of benzene rings is 1. The summed E-state index contributed by atoms with van der Waals surface area (Å²) >= 11 is 0. The highest BCUT2D eigenvalue weighted by atomic mass is 16.5. The predicted molar refractivity (Wildman–Crippen MR) is 127 cm³/mol. The number of nitrogens with zero attached hydrogens (tertiary/aromatic N) is 4. The molecule has 1 saturated carbocycles. The number of anilines is 1. The van der Waals surface area contributed by atoms with Gasteiger partial charge in [-0.3, -0.25) is 4.79 Å². The Morgan fingerprint density at radius 1 is 1.30 bits per heavy atom. The van der Waals surface area contributed by atoms with E-state index in [9.17, 15) is 4.79 Å². The summed E-state index contributed by atoms with van der Waals surface area (Å²) in [5, 5.41) is 8.51. The number of hydrogen-bond acceptors (Lipinski definition) is 6. The zero-order valence-corrected chi connectivity index (χ0v) is 19.0. The van der Waals surface area contributed by atoms with Crippen LogP contribution in [0.15, 0.2) is 30.6 Å². The molecular formula is C24H29N7O2. The third-order valence-corrected chi connectivity index (χ3v) is 6.51. The second-order valence-electron chi connectivity index (χ2n) is 8.72. The number of imidazole rings is 1. The molecule has 0 bridgehead atoms. The van der Waals surface area contributed by atoms with Crippen molar-refractivity contribution in [1.29, 1.82) is 0 Å². The van der Waals surface area contributed by atoms with Gasteiger partial charge in [0.1, 0.15) is 29.1 Å². The molecule has 9 nitrogen and oxygen atoms in total. The summed E-state index contributed by atoms with van der Waals surface area (Å²) in [5.74, 6) is 2.93. The monoisotopic (exact) mass is 447 g/mol. The van der Waals surface area contributed by atoms with E-state index in [1.54, 1.807) is 6.92 Å². The van der Waals surface area contributed by atoms with Crippen LogP contribution in [-0.4, -0.2) is 43.6 Å². The van der Waals surface area contributed by atoms with Crippen LogP contribution in [0.4, 0.5) is 5.82 Å². The lowest BCUT2D eigenvalue weighted by atomic mass is 9.81. The Morgan fingerprint density at radius 3 is 2.88 bits per heavy atom. The van der Waals surface area contributed by atoms with E-state index in [2.05, 4.69) is 26.4 Å². The number of nitrogens with two attached hydrogens (primary N) is 1. The zero-order chi connectivity index (χ0) is 22.9. The Kier molecular flexibility index (Phi) is 5.62. The number of nitrogen functional groups attached to an aromatic ring is 1. The SMILES string of the molecule is CCOc1cccc2cc(-c3nc(C4CCC(CNC(C)=O)CC4)n4ncnc(N)c34)[nH]c12. The van der Waals surface area contributed by atoms with Crippen molar-refractivity contribution in [2.45, 2.75) is 45.4 Å². The summed E-state index contributed by atoms with van der Waals surface area (Å²) in [6.45, 7) is 4.87. The molecule has 1 aliphatic rings. The first kappa shape index (κ1) is 21.2. The van der Waals surface area contributed by atoms with Crippen molar-refractivity contribution in [3.63, 3.8) is 0 Å². The van der Waals surface area contributed by atoms with Gasteiger partial charge in [0.2, 0.25) is 5.91 Å². The van der Waals surface area contributed by atoms with Crippen LogP contribution in [0.2, 0.25) is 0 Å².